The minimum absolute atomic E-state index is 0.0716. The summed E-state index contributed by atoms with van der Waals surface area (Å²) in [6.45, 7) is 7.90. The minimum Gasteiger partial charge on any atom is -0.310 e. The third-order valence-corrected chi connectivity index (χ3v) is 8.77. The van der Waals surface area contributed by atoms with Crippen molar-refractivity contribution in [3.8, 4) is 17.2 Å². The minimum atomic E-state index is -3.63. The van der Waals surface area contributed by atoms with Gasteiger partial charge in [-0.25, -0.2) is 31.2 Å². The number of nitrogens with zero attached hydrogens (tertiary/aromatic N) is 6. The fourth-order valence-corrected chi connectivity index (χ4v) is 5.90. The van der Waals surface area contributed by atoms with Gasteiger partial charge < -0.3 is 5.32 Å². The average molecular weight is 540 g/mol. The number of hydrogen-bond donors (Lipinski definition) is 1. The molecule has 2 aromatic heterocycles. The Morgan fingerprint density at radius 1 is 1.05 bits per heavy atom. The van der Waals surface area contributed by atoms with E-state index in [1.165, 1.54) is 41.8 Å². The topological polar surface area (TPSA) is 107 Å². The van der Waals surface area contributed by atoms with E-state index in [4.69, 9.17) is 5.10 Å². The summed E-state index contributed by atoms with van der Waals surface area (Å²) in [5.74, 6) is 0.258. The van der Waals surface area contributed by atoms with Crippen molar-refractivity contribution in [2.45, 2.75) is 45.1 Å². The first-order valence-electron chi connectivity index (χ1n) is 12.2. The second-order valence-corrected chi connectivity index (χ2v) is 12.0. The quantitative estimate of drug-likeness (QED) is 0.418. The van der Waals surface area contributed by atoms with Gasteiger partial charge >= 0.3 is 5.69 Å². The van der Waals surface area contributed by atoms with Crippen LogP contribution in [-0.4, -0.2) is 57.5 Å². The van der Waals surface area contributed by atoms with E-state index in [9.17, 15) is 17.6 Å². The molecule has 3 heterocycles. The number of sulfonamides is 1. The smallest absolute Gasteiger partial charge is 0.310 e. The first-order chi connectivity index (χ1) is 17.9. The molecule has 200 valence electrons. The van der Waals surface area contributed by atoms with E-state index in [1.54, 1.807) is 43.7 Å². The van der Waals surface area contributed by atoms with Crippen molar-refractivity contribution in [3.05, 3.63) is 80.9 Å². The molecular formula is C26H30FN7O3S. The molecule has 1 atom stereocenters. The lowest BCUT2D eigenvalue weighted by molar-refractivity contribution is 0.520. The summed E-state index contributed by atoms with van der Waals surface area (Å²) in [5, 5.41) is 12.6. The number of benzene rings is 2. The number of aryl methyl sites for hydroxylation is 3. The van der Waals surface area contributed by atoms with E-state index in [2.05, 4.69) is 10.4 Å². The lowest BCUT2D eigenvalue weighted by Crippen LogP contribution is -2.30. The number of rotatable bonds is 5. The second-order valence-electron chi connectivity index (χ2n) is 9.85. The highest BCUT2D eigenvalue weighted by Gasteiger charge is 2.29. The number of fused-ring (bicyclic) bond motifs is 1. The molecule has 0 amide bonds. The third-order valence-electron chi connectivity index (χ3n) is 6.96. The molecule has 0 radical (unpaired) electrons. The van der Waals surface area contributed by atoms with Crippen molar-refractivity contribution in [2.24, 2.45) is 0 Å². The highest BCUT2D eigenvalue weighted by Crippen LogP contribution is 2.31. The predicted octanol–water partition coefficient (Wildman–Crippen LogP) is 2.73. The molecule has 4 aromatic rings. The average Bonchev–Trinajstić information content (AvgIpc) is 3.43. The van der Waals surface area contributed by atoms with Gasteiger partial charge in [0.2, 0.25) is 10.0 Å². The Morgan fingerprint density at radius 2 is 1.74 bits per heavy atom. The van der Waals surface area contributed by atoms with Gasteiger partial charge in [0, 0.05) is 38.7 Å². The molecule has 0 saturated heterocycles. The van der Waals surface area contributed by atoms with Crippen LogP contribution >= 0.6 is 0 Å². The van der Waals surface area contributed by atoms with E-state index in [-0.39, 0.29) is 16.8 Å². The lowest BCUT2D eigenvalue weighted by Gasteiger charge is -2.20. The number of aromatic nitrogens is 5. The highest BCUT2D eigenvalue weighted by atomic mass is 32.2. The summed E-state index contributed by atoms with van der Waals surface area (Å²) in [5.41, 5.74) is 3.96. The van der Waals surface area contributed by atoms with Gasteiger partial charge in [-0.2, -0.15) is 14.9 Å². The molecule has 2 aromatic carbocycles. The van der Waals surface area contributed by atoms with Crippen LogP contribution in [0.1, 0.15) is 40.9 Å². The van der Waals surface area contributed by atoms with Gasteiger partial charge in [-0.1, -0.05) is 0 Å². The van der Waals surface area contributed by atoms with Crippen molar-refractivity contribution >= 4 is 10.0 Å². The molecule has 10 nitrogen and oxygen atoms in total. The molecule has 1 aliphatic heterocycles. The maximum absolute atomic E-state index is 14.4. The zero-order valence-electron chi connectivity index (χ0n) is 22.1. The van der Waals surface area contributed by atoms with Gasteiger partial charge in [-0.05, 0) is 74.7 Å². The summed E-state index contributed by atoms with van der Waals surface area (Å²) in [6, 6.07) is 7.92. The molecular weight excluding hydrogens is 509 g/mol. The highest BCUT2D eigenvalue weighted by molar-refractivity contribution is 7.89. The third kappa shape index (κ3) is 4.08. The summed E-state index contributed by atoms with van der Waals surface area (Å²) >= 11 is 0. The Bertz CT molecular complexity index is 1710. The van der Waals surface area contributed by atoms with Crippen LogP contribution in [0.2, 0.25) is 0 Å². The van der Waals surface area contributed by atoms with Crippen LogP contribution in [0.25, 0.3) is 17.2 Å². The van der Waals surface area contributed by atoms with Crippen LogP contribution in [0.5, 0.6) is 0 Å². The number of halogens is 1. The van der Waals surface area contributed by atoms with Crippen LogP contribution in [-0.2, 0) is 16.4 Å². The Balaban J connectivity index is 1.69. The maximum Gasteiger partial charge on any atom is 0.356 e. The van der Waals surface area contributed by atoms with Crippen LogP contribution in [0, 0.1) is 26.6 Å². The molecule has 38 heavy (non-hydrogen) atoms. The van der Waals surface area contributed by atoms with Crippen molar-refractivity contribution in [1.82, 2.24) is 33.8 Å². The molecule has 0 spiro atoms. The maximum atomic E-state index is 14.4. The first-order valence-corrected chi connectivity index (χ1v) is 13.7. The Morgan fingerprint density at radius 3 is 2.37 bits per heavy atom. The summed E-state index contributed by atoms with van der Waals surface area (Å²) in [6.07, 6.45) is 2.12. The predicted molar refractivity (Wildman–Crippen MR) is 141 cm³/mol. The molecule has 1 aliphatic rings. The number of nitrogens with one attached hydrogen (secondary N) is 1. The zero-order valence-corrected chi connectivity index (χ0v) is 23.0. The summed E-state index contributed by atoms with van der Waals surface area (Å²) in [4.78, 5) is 13.9. The standard InChI is InChI=1S/C26H30FN7O3S/c1-15-13-20(38(36,37)31(5)6)7-8-22(15)34-26(35)32(14-29-34)25-23-18(4)28-10-9-21(23)30-33(25)19-11-16(2)24(27)17(3)12-19/h7-8,11-14,18,28H,9-10H2,1-6H3/t18-/m0/s1. The van der Waals surface area contributed by atoms with Crippen LogP contribution in [0.3, 0.4) is 0 Å². The Labute approximate surface area is 220 Å². The van der Waals surface area contributed by atoms with Gasteiger partial charge in [0.15, 0.2) is 5.82 Å². The van der Waals surface area contributed by atoms with Crippen molar-refractivity contribution in [1.29, 1.82) is 0 Å². The Hall–Kier alpha value is -3.61. The van der Waals surface area contributed by atoms with E-state index in [1.807, 2.05) is 6.92 Å². The van der Waals surface area contributed by atoms with Gasteiger partial charge in [-0.15, -0.1) is 0 Å². The lowest BCUT2D eigenvalue weighted by atomic mass is 10.0. The monoisotopic (exact) mass is 539 g/mol. The SMILES string of the molecule is Cc1cc(S(=O)(=O)N(C)C)ccc1-n1ncn(-c2c3c(nn2-c2cc(C)c(F)c(C)c2)CCN[C@H]3C)c1=O. The largest absolute Gasteiger partial charge is 0.356 e. The molecule has 0 aliphatic carbocycles. The molecule has 5 rings (SSSR count). The van der Waals surface area contributed by atoms with E-state index < -0.39 is 15.7 Å². The molecule has 1 N–H and O–H groups in total. The van der Waals surface area contributed by atoms with Crippen LogP contribution in [0.15, 0.2) is 46.3 Å². The first kappa shape index (κ1) is 26.0. The Kier molecular flexibility index (Phi) is 6.36. The van der Waals surface area contributed by atoms with Gasteiger partial charge in [0.1, 0.15) is 12.1 Å². The molecule has 12 heteroatoms. The summed E-state index contributed by atoms with van der Waals surface area (Å²) < 4.78 is 45.1. The van der Waals surface area contributed by atoms with Gasteiger partial charge in [0.05, 0.1) is 22.0 Å². The zero-order chi connectivity index (χ0) is 27.5. The van der Waals surface area contributed by atoms with Gasteiger partial charge in [0.25, 0.3) is 0 Å². The molecule has 0 saturated carbocycles. The van der Waals surface area contributed by atoms with E-state index in [0.717, 1.165) is 22.1 Å². The van der Waals surface area contributed by atoms with Crippen molar-refractivity contribution in [3.63, 3.8) is 0 Å². The van der Waals surface area contributed by atoms with E-state index >= 15 is 0 Å². The van der Waals surface area contributed by atoms with E-state index in [0.29, 0.717) is 40.3 Å². The normalized spacial score (nSPS) is 15.7. The fraction of sp³-hybridized carbons (Fsp3) is 0.346. The van der Waals surface area contributed by atoms with Crippen LogP contribution in [0.4, 0.5) is 4.39 Å². The summed E-state index contributed by atoms with van der Waals surface area (Å²) in [7, 11) is -0.693. The molecule has 0 fully saturated rings. The molecule has 0 unspecified atom stereocenters. The van der Waals surface area contributed by atoms with Crippen molar-refractivity contribution < 1.29 is 12.8 Å². The number of hydrogen-bond acceptors (Lipinski definition) is 6. The second kappa shape index (κ2) is 9.29. The van der Waals surface area contributed by atoms with Crippen LogP contribution < -0.4 is 11.0 Å². The molecule has 0 bridgehead atoms. The van der Waals surface area contributed by atoms with Gasteiger partial charge in [-0.3, -0.25) is 0 Å². The van der Waals surface area contributed by atoms with Crippen molar-refractivity contribution in [2.75, 3.05) is 20.6 Å². The fourth-order valence-electron chi connectivity index (χ4n) is 4.91.